The zero-order valence-electron chi connectivity index (χ0n) is 23.2. The van der Waals surface area contributed by atoms with Crippen LogP contribution < -0.4 is 5.32 Å². The second kappa shape index (κ2) is 14.1. The van der Waals surface area contributed by atoms with Crippen LogP contribution in [0.15, 0.2) is 30.3 Å². The summed E-state index contributed by atoms with van der Waals surface area (Å²) in [6, 6.07) is 9.12. The summed E-state index contributed by atoms with van der Waals surface area (Å²) in [5.74, 6) is -1.40. The molecule has 0 radical (unpaired) electrons. The average molecular weight is 516 g/mol. The first-order valence-corrected chi connectivity index (χ1v) is 13.6. The molecular weight excluding hydrogens is 470 g/mol. The lowest BCUT2D eigenvalue weighted by Gasteiger charge is -2.37. The Bertz CT molecular complexity index is 912. The van der Waals surface area contributed by atoms with Crippen LogP contribution in [-0.2, 0) is 25.6 Å². The van der Waals surface area contributed by atoms with Crippen molar-refractivity contribution in [2.45, 2.75) is 91.6 Å². The first kappa shape index (κ1) is 30.3. The number of rotatable bonds is 13. The predicted octanol–water partition coefficient (Wildman–Crippen LogP) is 3.88. The third kappa shape index (κ3) is 9.48. The average Bonchev–Trinajstić information content (AvgIpc) is 3.31. The van der Waals surface area contributed by atoms with E-state index in [4.69, 9.17) is 5.11 Å². The van der Waals surface area contributed by atoms with Crippen LogP contribution in [0.2, 0.25) is 0 Å². The lowest BCUT2D eigenvalue weighted by molar-refractivity contribution is -0.142. The molecule has 1 heterocycles. The fraction of sp³-hybridized carbons (Fsp3) is 0.655. The van der Waals surface area contributed by atoms with Crippen LogP contribution in [0, 0.1) is 11.3 Å². The zero-order valence-corrected chi connectivity index (χ0v) is 23.2. The minimum Gasteiger partial charge on any atom is -0.481 e. The Hall–Kier alpha value is -2.90. The van der Waals surface area contributed by atoms with Gasteiger partial charge in [0.25, 0.3) is 0 Å². The van der Waals surface area contributed by atoms with Crippen LogP contribution in [0.3, 0.4) is 0 Å². The third-order valence-corrected chi connectivity index (χ3v) is 7.20. The maximum atomic E-state index is 13.8. The lowest BCUT2D eigenvalue weighted by Crippen LogP contribution is -2.57. The molecule has 1 aliphatic heterocycles. The fourth-order valence-electron chi connectivity index (χ4n) is 4.63. The Labute approximate surface area is 221 Å². The molecular formula is C29H45N3O5. The summed E-state index contributed by atoms with van der Waals surface area (Å²) in [5, 5.41) is 12.0. The molecule has 1 aliphatic rings. The molecule has 0 bridgehead atoms. The van der Waals surface area contributed by atoms with E-state index in [-0.39, 0.29) is 48.9 Å². The molecule has 8 nitrogen and oxygen atoms in total. The Kier molecular flexibility index (Phi) is 11.6. The molecule has 3 amide bonds. The van der Waals surface area contributed by atoms with Crippen LogP contribution in [0.5, 0.6) is 0 Å². The highest BCUT2D eigenvalue weighted by Gasteiger charge is 2.40. The monoisotopic (exact) mass is 515 g/mol. The van der Waals surface area contributed by atoms with Crippen LogP contribution >= 0.6 is 0 Å². The number of carbonyl (C=O) groups is 4. The molecule has 1 aromatic rings. The molecule has 3 atom stereocenters. The van der Waals surface area contributed by atoms with E-state index in [1.54, 1.807) is 4.90 Å². The van der Waals surface area contributed by atoms with Crippen molar-refractivity contribution in [1.29, 1.82) is 0 Å². The number of hydrogen-bond acceptors (Lipinski definition) is 4. The molecule has 0 aliphatic carbocycles. The molecule has 2 N–H and O–H groups in total. The molecule has 0 unspecified atom stereocenters. The molecule has 8 heteroatoms. The van der Waals surface area contributed by atoms with Gasteiger partial charge in [-0.15, -0.1) is 0 Å². The van der Waals surface area contributed by atoms with E-state index in [0.29, 0.717) is 32.5 Å². The largest absolute Gasteiger partial charge is 0.481 e. The molecule has 1 fully saturated rings. The van der Waals surface area contributed by atoms with E-state index < -0.39 is 17.4 Å². The molecule has 2 rings (SSSR count). The number of likely N-dealkylation sites (tertiary alicyclic amines) is 1. The number of carboxylic acid groups (broad SMARTS) is 1. The van der Waals surface area contributed by atoms with E-state index in [9.17, 15) is 19.2 Å². The Balaban J connectivity index is 2.17. The van der Waals surface area contributed by atoms with Gasteiger partial charge >= 0.3 is 5.97 Å². The number of carboxylic acids is 1. The molecule has 0 saturated carbocycles. The van der Waals surface area contributed by atoms with Gasteiger partial charge in [0.15, 0.2) is 0 Å². The van der Waals surface area contributed by atoms with Crippen LogP contribution in [0.25, 0.3) is 0 Å². The van der Waals surface area contributed by atoms with Crippen molar-refractivity contribution in [3.8, 4) is 0 Å². The Morgan fingerprint density at radius 1 is 1.14 bits per heavy atom. The SMILES string of the molecule is CC[C@@H](C)C(=O)N[C@H](C(=O)N1CCC[C@H]1CN(CCc1ccccc1)C(=O)CCCC(=O)O)C(C)(C)C. The van der Waals surface area contributed by atoms with Gasteiger partial charge in [0.2, 0.25) is 17.7 Å². The first-order valence-electron chi connectivity index (χ1n) is 13.6. The Morgan fingerprint density at radius 3 is 2.41 bits per heavy atom. The van der Waals surface area contributed by atoms with Gasteiger partial charge in [0, 0.05) is 44.4 Å². The van der Waals surface area contributed by atoms with Crippen LogP contribution in [0.4, 0.5) is 0 Å². The third-order valence-electron chi connectivity index (χ3n) is 7.20. The second-order valence-corrected chi connectivity index (χ2v) is 11.3. The van der Waals surface area contributed by atoms with Gasteiger partial charge in [0.05, 0.1) is 0 Å². The van der Waals surface area contributed by atoms with Crippen molar-refractivity contribution < 1.29 is 24.3 Å². The van der Waals surface area contributed by atoms with Gasteiger partial charge in [-0.05, 0) is 43.1 Å². The van der Waals surface area contributed by atoms with Crippen molar-refractivity contribution in [1.82, 2.24) is 15.1 Å². The topological polar surface area (TPSA) is 107 Å². The number of benzene rings is 1. The highest BCUT2D eigenvalue weighted by molar-refractivity contribution is 5.89. The number of nitrogens with one attached hydrogen (secondary N) is 1. The van der Waals surface area contributed by atoms with Crippen molar-refractivity contribution >= 4 is 23.7 Å². The standard InChI is InChI=1S/C29H45N3O5/c1-6-21(2)27(36)30-26(29(3,4)5)28(37)32-18-11-14-23(32)20-31(24(33)15-10-16-25(34)35)19-17-22-12-8-7-9-13-22/h7-9,12-13,21,23,26H,6,10-11,14-20H2,1-5H3,(H,30,36)(H,34,35)/t21-,23+,26-/m1/s1. The van der Waals surface area contributed by atoms with Crippen molar-refractivity contribution in [3.63, 3.8) is 0 Å². The van der Waals surface area contributed by atoms with Gasteiger partial charge < -0.3 is 20.2 Å². The minimum absolute atomic E-state index is 0.0462. The molecule has 37 heavy (non-hydrogen) atoms. The second-order valence-electron chi connectivity index (χ2n) is 11.3. The molecule has 0 spiro atoms. The summed E-state index contributed by atoms with van der Waals surface area (Å²) in [4.78, 5) is 54.2. The zero-order chi connectivity index (χ0) is 27.6. The summed E-state index contributed by atoms with van der Waals surface area (Å²) in [5.41, 5.74) is 0.651. The minimum atomic E-state index is -0.913. The molecule has 1 aromatic carbocycles. The smallest absolute Gasteiger partial charge is 0.303 e. The number of amides is 3. The normalized spacial score (nSPS) is 17.2. The van der Waals surface area contributed by atoms with Crippen molar-refractivity contribution in [2.24, 2.45) is 11.3 Å². The number of aliphatic carboxylic acids is 1. The summed E-state index contributed by atoms with van der Waals surface area (Å²) >= 11 is 0. The van der Waals surface area contributed by atoms with Crippen LogP contribution in [-0.4, -0.2) is 70.3 Å². The fourth-order valence-corrected chi connectivity index (χ4v) is 4.63. The van der Waals surface area contributed by atoms with E-state index >= 15 is 0 Å². The number of hydrogen-bond donors (Lipinski definition) is 2. The highest BCUT2D eigenvalue weighted by Crippen LogP contribution is 2.27. The maximum Gasteiger partial charge on any atom is 0.303 e. The molecule has 0 aromatic heterocycles. The Morgan fingerprint density at radius 2 is 1.81 bits per heavy atom. The summed E-state index contributed by atoms with van der Waals surface area (Å²) in [6.45, 7) is 11.2. The van der Waals surface area contributed by atoms with Gasteiger partial charge in [-0.25, -0.2) is 0 Å². The first-order chi connectivity index (χ1) is 17.4. The molecule has 1 saturated heterocycles. The quantitative estimate of drug-likeness (QED) is 0.415. The van der Waals surface area contributed by atoms with Gasteiger partial charge in [-0.1, -0.05) is 65.0 Å². The van der Waals surface area contributed by atoms with E-state index in [0.717, 1.165) is 18.4 Å². The van der Waals surface area contributed by atoms with Gasteiger partial charge in [0.1, 0.15) is 6.04 Å². The number of nitrogens with zero attached hydrogens (tertiary/aromatic N) is 2. The molecule has 206 valence electrons. The summed E-state index contributed by atoms with van der Waals surface area (Å²) in [6.07, 6.45) is 3.41. The van der Waals surface area contributed by atoms with Gasteiger partial charge in [-0.3, -0.25) is 19.2 Å². The lowest BCUT2D eigenvalue weighted by atomic mass is 9.85. The van der Waals surface area contributed by atoms with Gasteiger partial charge in [-0.2, -0.15) is 0 Å². The maximum absolute atomic E-state index is 13.8. The van der Waals surface area contributed by atoms with E-state index in [1.165, 1.54) is 0 Å². The van der Waals surface area contributed by atoms with Crippen LogP contribution in [0.1, 0.15) is 78.7 Å². The van der Waals surface area contributed by atoms with E-state index in [2.05, 4.69) is 5.32 Å². The predicted molar refractivity (Wildman–Crippen MR) is 144 cm³/mol. The highest BCUT2D eigenvalue weighted by atomic mass is 16.4. The summed E-state index contributed by atoms with van der Waals surface area (Å²) in [7, 11) is 0. The number of carbonyl (C=O) groups excluding carboxylic acids is 3. The van der Waals surface area contributed by atoms with E-state index in [1.807, 2.05) is 69.9 Å². The van der Waals surface area contributed by atoms with Crippen molar-refractivity contribution in [2.75, 3.05) is 19.6 Å². The van der Waals surface area contributed by atoms with Crippen molar-refractivity contribution in [3.05, 3.63) is 35.9 Å². The summed E-state index contributed by atoms with van der Waals surface area (Å²) < 4.78 is 0.